The van der Waals surface area contributed by atoms with Crippen LogP contribution < -0.4 is 11.0 Å². The number of aryl methyl sites for hydroxylation is 2. The Morgan fingerprint density at radius 1 is 1.17 bits per heavy atom. The number of imidazole rings is 1. The van der Waals surface area contributed by atoms with Gasteiger partial charge in [0.15, 0.2) is 5.65 Å². The van der Waals surface area contributed by atoms with Gasteiger partial charge in [-0.05, 0) is 31.4 Å². The molecular formula is C20H21N7O3. The maximum atomic E-state index is 12.8. The average molecular weight is 407 g/mol. The highest BCUT2D eigenvalue weighted by molar-refractivity contribution is 5.73. The molecule has 4 aromatic heterocycles. The molecule has 10 heteroatoms. The molecule has 154 valence electrons. The van der Waals surface area contributed by atoms with Crippen LogP contribution in [0.4, 0.5) is 11.6 Å². The maximum Gasteiger partial charge on any atom is 0.330 e. The van der Waals surface area contributed by atoms with Gasteiger partial charge in [-0.1, -0.05) is 0 Å². The van der Waals surface area contributed by atoms with Gasteiger partial charge < -0.3 is 14.5 Å². The number of oxazole rings is 1. The van der Waals surface area contributed by atoms with E-state index in [2.05, 4.69) is 25.3 Å². The number of aromatic nitrogens is 6. The van der Waals surface area contributed by atoms with E-state index in [9.17, 15) is 4.79 Å². The molecule has 0 atom stereocenters. The molecule has 0 unspecified atom stereocenters. The van der Waals surface area contributed by atoms with Crippen molar-refractivity contribution in [3.8, 4) is 11.6 Å². The van der Waals surface area contributed by atoms with Crippen LogP contribution in [-0.2, 0) is 11.8 Å². The summed E-state index contributed by atoms with van der Waals surface area (Å²) in [5.41, 5.74) is 3.59. The monoisotopic (exact) mass is 407 g/mol. The van der Waals surface area contributed by atoms with Crippen LogP contribution in [0, 0.1) is 6.92 Å². The molecular weight excluding hydrogens is 386 g/mol. The molecule has 5 heterocycles. The molecule has 1 saturated heterocycles. The number of hydrogen-bond donors (Lipinski definition) is 1. The third kappa shape index (κ3) is 3.14. The van der Waals surface area contributed by atoms with Crippen molar-refractivity contribution in [1.29, 1.82) is 0 Å². The highest BCUT2D eigenvalue weighted by Crippen LogP contribution is 2.26. The summed E-state index contributed by atoms with van der Waals surface area (Å²) in [6.07, 6.45) is 8.04. The van der Waals surface area contributed by atoms with E-state index in [0.717, 1.165) is 24.1 Å². The van der Waals surface area contributed by atoms with Gasteiger partial charge in [0.25, 0.3) is 0 Å². The summed E-state index contributed by atoms with van der Waals surface area (Å²) >= 11 is 0. The lowest BCUT2D eigenvalue weighted by atomic mass is 10.1. The second kappa shape index (κ2) is 7.38. The molecule has 0 spiro atoms. The van der Waals surface area contributed by atoms with Crippen LogP contribution in [0.5, 0.6) is 0 Å². The highest BCUT2D eigenvalue weighted by atomic mass is 16.5. The molecule has 0 bridgehead atoms. The number of hydrogen-bond acceptors (Lipinski definition) is 8. The van der Waals surface area contributed by atoms with Gasteiger partial charge in [-0.3, -0.25) is 9.13 Å². The van der Waals surface area contributed by atoms with Crippen LogP contribution in [0.1, 0.15) is 24.4 Å². The van der Waals surface area contributed by atoms with E-state index in [4.69, 9.17) is 9.15 Å². The summed E-state index contributed by atoms with van der Waals surface area (Å²) in [6.45, 7) is 3.24. The molecule has 10 nitrogen and oxygen atoms in total. The van der Waals surface area contributed by atoms with Crippen molar-refractivity contribution in [3.05, 3.63) is 47.0 Å². The molecule has 4 aromatic rings. The van der Waals surface area contributed by atoms with E-state index >= 15 is 0 Å². The topological polar surface area (TPSA) is 113 Å². The van der Waals surface area contributed by atoms with Crippen LogP contribution in [0.2, 0.25) is 0 Å². The van der Waals surface area contributed by atoms with Crippen molar-refractivity contribution in [3.63, 3.8) is 0 Å². The Morgan fingerprint density at radius 3 is 2.73 bits per heavy atom. The standard InChI is InChI=1S/C20H21N7O3/c1-12-9-14(18-21-5-8-30-18)22-10-15(12)24-19-23-11-16-17(25-19)27(20(28)26(16)2)13-3-6-29-7-4-13/h5,8-11,13H,3-4,6-7H2,1-2H3,(H,23,24,25). The molecule has 1 fully saturated rings. The first-order valence-corrected chi connectivity index (χ1v) is 9.77. The zero-order valence-electron chi connectivity index (χ0n) is 16.7. The lowest BCUT2D eigenvalue weighted by molar-refractivity contribution is 0.0695. The van der Waals surface area contributed by atoms with Gasteiger partial charge in [0.05, 0.1) is 24.3 Å². The Labute approximate surface area is 171 Å². The van der Waals surface area contributed by atoms with Gasteiger partial charge in [0.2, 0.25) is 11.8 Å². The quantitative estimate of drug-likeness (QED) is 0.549. The maximum absolute atomic E-state index is 12.8. The lowest BCUT2D eigenvalue weighted by Crippen LogP contribution is -2.30. The first-order chi connectivity index (χ1) is 14.6. The molecule has 0 aromatic carbocycles. The minimum Gasteiger partial charge on any atom is -0.443 e. The molecule has 1 aliphatic rings. The minimum absolute atomic E-state index is 0.0705. The first-order valence-electron chi connectivity index (χ1n) is 9.77. The second-order valence-corrected chi connectivity index (χ2v) is 7.30. The predicted molar refractivity (Wildman–Crippen MR) is 110 cm³/mol. The van der Waals surface area contributed by atoms with Crippen LogP contribution in [0.3, 0.4) is 0 Å². The number of pyridine rings is 1. The van der Waals surface area contributed by atoms with Gasteiger partial charge in [-0.25, -0.2) is 19.7 Å². The van der Waals surface area contributed by atoms with Gasteiger partial charge in [-0.2, -0.15) is 4.98 Å². The number of ether oxygens (including phenoxy) is 1. The van der Waals surface area contributed by atoms with Crippen molar-refractivity contribution < 1.29 is 9.15 Å². The first kappa shape index (κ1) is 18.5. The van der Waals surface area contributed by atoms with E-state index in [-0.39, 0.29) is 11.7 Å². The van der Waals surface area contributed by atoms with Crippen molar-refractivity contribution in [2.45, 2.75) is 25.8 Å². The van der Waals surface area contributed by atoms with Crippen molar-refractivity contribution in [2.75, 3.05) is 18.5 Å². The minimum atomic E-state index is -0.0866. The third-order valence-corrected chi connectivity index (χ3v) is 5.40. The van der Waals surface area contributed by atoms with Crippen molar-refractivity contribution in [2.24, 2.45) is 7.05 Å². The fourth-order valence-corrected chi connectivity index (χ4v) is 3.74. The summed E-state index contributed by atoms with van der Waals surface area (Å²) in [6, 6.07) is 1.95. The summed E-state index contributed by atoms with van der Waals surface area (Å²) < 4.78 is 14.1. The SMILES string of the molecule is Cc1cc(-c2ncco2)ncc1Nc1ncc2c(n1)n(C1CCOCC1)c(=O)n2C. The Bertz CT molecular complexity index is 1250. The highest BCUT2D eigenvalue weighted by Gasteiger charge is 2.23. The summed E-state index contributed by atoms with van der Waals surface area (Å²) in [5, 5.41) is 3.21. The van der Waals surface area contributed by atoms with E-state index < -0.39 is 0 Å². The molecule has 0 aliphatic carbocycles. The van der Waals surface area contributed by atoms with E-state index in [0.29, 0.717) is 41.9 Å². The van der Waals surface area contributed by atoms with Gasteiger partial charge in [-0.15, -0.1) is 0 Å². The van der Waals surface area contributed by atoms with Gasteiger partial charge in [0.1, 0.15) is 17.5 Å². The van der Waals surface area contributed by atoms with Crippen molar-refractivity contribution >= 4 is 22.8 Å². The zero-order chi connectivity index (χ0) is 20.7. The summed E-state index contributed by atoms with van der Waals surface area (Å²) in [7, 11) is 1.74. The summed E-state index contributed by atoms with van der Waals surface area (Å²) in [4.78, 5) is 30.4. The van der Waals surface area contributed by atoms with Crippen LogP contribution in [0.25, 0.3) is 22.7 Å². The normalized spacial score (nSPS) is 15.0. The number of nitrogens with zero attached hydrogens (tertiary/aromatic N) is 6. The van der Waals surface area contributed by atoms with Gasteiger partial charge in [0, 0.05) is 26.3 Å². The molecule has 30 heavy (non-hydrogen) atoms. The number of rotatable bonds is 4. The van der Waals surface area contributed by atoms with E-state index in [1.165, 1.54) is 6.26 Å². The third-order valence-electron chi connectivity index (χ3n) is 5.40. The van der Waals surface area contributed by atoms with Crippen LogP contribution in [-0.4, -0.2) is 42.3 Å². The zero-order valence-corrected chi connectivity index (χ0v) is 16.7. The Morgan fingerprint density at radius 2 is 2.00 bits per heavy atom. The largest absolute Gasteiger partial charge is 0.443 e. The molecule has 0 saturated carbocycles. The Hall–Kier alpha value is -3.53. The van der Waals surface area contributed by atoms with Gasteiger partial charge >= 0.3 is 5.69 Å². The van der Waals surface area contributed by atoms with Crippen molar-refractivity contribution in [1.82, 2.24) is 29.1 Å². The summed E-state index contributed by atoms with van der Waals surface area (Å²) in [5.74, 6) is 0.870. The fraction of sp³-hybridized carbons (Fsp3) is 0.350. The second-order valence-electron chi connectivity index (χ2n) is 7.30. The predicted octanol–water partition coefficient (Wildman–Crippen LogP) is 2.58. The molecule has 1 aliphatic heterocycles. The van der Waals surface area contributed by atoms with Crippen LogP contribution in [0.15, 0.2) is 40.1 Å². The molecule has 0 radical (unpaired) electrons. The number of anilines is 2. The average Bonchev–Trinajstić information content (AvgIpc) is 3.38. The number of nitrogens with one attached hydrogen (secondary N) is 1. The Kier molecular flexibility index (Phi) is 4.55. The lowest BCUT2D eigenvalue weighted by Gasteiger charge is -2.22. The fourth-order valence-electron chi connectivity index (χ4n) is 3.74. The molecule has 5 rings (SSSR count). The molecule has 0 amide bonds. The Balaban J connectivity index is 1.50. The van der Waals surface area contributed by atoms with E-state index in [1.54, 1.807) is 34.8 Å². The number of fused-ring (bicyclic) bond motifs is 1. The van der Waals surface area contributed by atoms with E-state index in [1.807, 2.05) is 13.0 Å². The van der Waals surface area contributed by atoms with Crippen LogP contribution >= 0.6 is 0 Å². The molecule has 1 N–H and O–H groups in total. The smallest absolute Gasteiger partial charge is 0.330 e.